The van der Waals surface area contributed by atoms with Crippen LogP contribution in [0, 0.1) is 0 Å². The van der Waals surface area contributed by atoms with Gasteiger partial charge in [-0.3, -0.25) is 0 Å². The van der Waals surface area contributed by atoms with Crippen LogP contribution in [0.1, 0.15) is 18.1 Å². The smallest absolute Gasteiger partial charge is 0.227 e. The monoisotopic (exact) mass is 249 g/mol. The fourth-order valence-electron chi connectivity index (χ4n) is 2.18. The van der Waals surface area contributed by atoms with Gasteiger partial charge >= 0.3 is 0 Å². The lowest BCUT2D eigenvalue weighted by molar-refractivity contribution is 0.619. The van der Waals surface area contributed by atoms with E-state index in [0.29, 0.717) is 5.89 Å². The molecule has 3 rings (SSSR count). The van der Waals surface area contributed by atoms with Gasteiger partial charge in [-0.15, -0.1) is 0 Å². The van der Waals surface area contributed by atoms with Crippen LogP contribution in [0.2, 0.25) is 0 Å². The van der Waals surface area contributed by atoms with E-state index < -0.39 is 0 Å². The molecule has 1 heterocycles. The van der Waals surface area contributed by atoms with Gasteiger partial charge in [0.05, 0.1) is 0 Å². The number of para-hydroxylation sites is 2. The lowest BCUT2D eigenvalue weighted by Crippen LogP contribution is -1.87. The van der Waals surface area contributed by atoms with E-state index in [9.17, 15) is 0 Å². The molecule has 0 atom stereocenters. The van der Waals surface area contributed by atoms with Gasteiger partial charge in [0.2, 0.25) is 5.89 Å². The highest BCUT2D eigenvalue weighted by molar-refractivity contribution is 5.78. The van der Waals surface area contributed by atoms with Crippen LogP contribution in [0.15, 0.2) is 53.5 Å². The zero-order valence-electron chi connectivity index (χ0n) is 10.9. The molecule has 0 fully saturated rings. The Hall–Kier alpha value is -2.35. The molecule has 0 saturated heterocycles. The Balaban J connectivity index is 2.17. The molecule has 2 aromatic carbocycles. The van der Waals surface area contributed by atoms with Crippen molar-refractivity contribution in [2.75, 3.05) is 0 Å². The van der Waals surface area contributed by atoms with Gasteiger partial charge in [0.15, 0.2) is 5.58 Å². The maximum Gasteiger partial charge on any atom is 0.227 e. The van der Waals surface area contributed by atoms with Crippen molar-refractivity contribution in [3.05, 3.63) is 60.2 Å². The van der Waals surface area contributed by atoms with Gasteiger partial charge in [0.1, 0.15) is 5.52 Å². The Morgan fingerprint density at radius 3 is 2.79 bits per heavy atom. The third-order valence-corrected chi connectivity index (χ3v) is 3.27. The number of hydrogen-bond donors (Lipinski definition) is 0. The number of oxazole rings is 1. The van der Waals surface area contributed by atoms with Crippen molar-refractivity contribution in [2.24, 2.45) is 0 Å². The van der Waals surface area contributed by atoms with E-state index in [1.165, 1.54) is 5.56 Å². The summed E-state index contributed by atoms with van der Waals surface area (Å²) in [6, 6.07) is 14.1. The largest absolute Gasteiger partial charge is 0.436 e. The minimum absolute atomic E-state index is 0.652. The van der Waals surface area contributed by atoms with Crippen molar-refractivity contribution in [3.8, 4) is 11.5 Å². The van der Waals surface area contributed by atoms with Crippen LogP contribution < -0.4 is 0 Å². The van der Waals surface area contributed by atoms with Crippen molar-refractivity contribution >= 4 is 17.2 Å². The molecule has 0 aliphatic rings. The second-order valence-electron chi connectivity index (χ2n) is 4.47. The summed E-state index contributed by atoms with van der Waals surface area (Å²) in [6.45, 7) is 6.02. The molecule has 0 amide bonds. The Morgan fingerprint density at radius 1 is 1.21 bits per heavy atom. The maximum absolute atomic E-state index is 5.81. The van der Waals surface area contributed by atoms with Crippen LogP contribution in [-0.4, -0.2) is 4.98 Å². The van der Waals surface area contributed by atoms with Gasteiger partial charge in [0, 0.05) is 5.56 Å². The normalized spacial score (nSPS) is 10.8. The van der Waals surface area contributed by atoms with Crippen molar-refractivity contribution in [2.45, 2.75) is 13.3 Å². The average Bonchev–Trinajstić information content (AvgIpc) is 2.90. The summed E-state index contributed by atoms with van der Waals surface area (Å²) in [5.74, 6) is 0.652. The second-order valence-corrected chi connectivity index (χ2v) is 4.47. The molecule has 2 heteroatoms. The number of aryl methyl sites for hydroxylation is 1. The number of rotatable bonds is 3. The predicted molar refractivity (Wildman–Crippen MR) is 78.9 cm³/mol. The molecule has 0 N–H and O–H groups in total. The molecular formula is C17H15NO. The highest BCUT2D eigenvalue weighted by Crippen LogP contribution is 2.28. The zero-order chi connectivity index (χ0) is 13.2. The summed E-state index contributed by atoms with van der Waals surface area (Å²) >= 11 is 0. The number of benzene rings is 2. The van der Waals surface area contributed by atoms with Gasteiger partial charge in [-0.1, -0.05) is 43.8 Å². The van der Waals surface area contributed by atoms with E-state index in [2.05, 4.69) is 36.7 Å². The number of aromatic nitrogens is 1. The van der Waals surface area contributed by atoms with Crippen molar-refractivity contribution in [1.29, 1.82) is 0 Å². The Labute approximate surface area is 112 Å². The third kappa shape index (κ3) is 2.06. The molecular weight excluding hydrogens is 234 g/mol. The minimum Gasteiger partial charge on any atom is -0.436 e. The minimum atomic E-state index is 0.652. The standard InChI is InChI=1S/C17H15NO/c1-3-12-9-10-14(13(4-2)11-12)17-18-15-7-5-6-8-16(15)19-17/h4-11H,2-3H2,1H3. The molecule has 0 saturated carbocycles. The molecule has 0 bridgehead atoms. The Morgan fingerprint density at radius 2 is 2.05 bits per heavy atom. The molecule has 0 radical (unpaired) electrons. The molecule has 0 aliphatic carbocycles. The summed E-state index contributed by atoms with van der Waals surface area (Å²) in [5.41, 5.74) is 5.03. The molecule has 3 aromatic rings. The Kier molecular flexibility index (Phi) is 2.92. The summed E-state index contributed by atoms with van der Waals surface area (Å²) in [5, 5.41) is 0. The molecule has 0 spiro atoms. The first kappa shape index (κ1) is 11.7. The lowest BCUT2D eigenvalue weighted by atomic mass is 10.0. The molecule has 19 heavy (non-hydrogen) atoms. The van der Waals surface area contributed by atoms with Crippen LogP contribution in [0.3, 0.4) is 0 Å². The van der Waals surface area contributed by atoms with Crippen molar-refractivity contribution in [3.63, 3.8) is 0 Å². The zero-order valence-corrected chi connectivity index (χ0v) is 10.9. The van der Waals surface area contributed by atoms with Crippen LogP contribution in [-0.2, 0) is 6.42 Å². The van der Waals surface area contributed by atoms with E-state index in [1.807, 2.05) is 30.3 Å². The topological polar surface area (TPSA) is 26.0 Å². The predicted octanol–water partition coefficient (Wildman–Crippen LogP) is 4.70. The van der Waals surface area contributed by atoms with Gasteiger partial charge in [-0.05, 0) is 35.7 Å². The average molecular weight is 249 g/mol. The third-order valence-electron chi connectivity index (χ3n) is 3.27. The lowest BCUT2D eigenvalue weighted by Gasteiger charge is -2.04. The fourth-order valence-corrected chi connectivity index (χ4v) is 2.18. The quantitative estimate of drug-likeness (QED) is 0.672. The molecule has 2 nitrogen and oxygen atoms in total. The summed E-state index contributed by atoms with van der Waals surface area (Å²) in [4.78, 5) is 4.53. The van der Waals surface area contributed by atoms with E-state index in [1.54, 1.807) is 0 Å². The highest BCUT2D eigenvalue weighted by atomic mass is 16.3. The Bertz CT molecular complexity index is 707. The van der Waals surface area contributed by atoms with Crippen LogP contribution in [0.25, 0.3) is 28.6 Å². The first-order valence-corrected chi connectivity index (χ1v) is 6.43. The van der Waals surface area contributed by atoms with Crippen LogP contribution in [0.4, 0.5) is 0 Å². The van der Waals surface area contributed by atoms with Crippen LogP contribution >= 0.6 is 0 Å². The molecule has 94 valence electrons. The van der Waals surface area contributed by atoms with E-state index in [0.717, 1.165) is 28.6 Å². The van der Waals surface area contributed by atoms with Gasteiger partial charge in [0.25, 0.3) is 0 Å². The summed E-state index contributed by atoms with van der Waals surface area (Å²) in [7, 11) is 0. The van der Waals surface area contributed by atoms with E-state index >= 15 is 0 Å². The maximum atomic E-state index is 5.81. The van der Waals surface area contributed by atoms with Crippen LogP contribution in [0.5, 0.6) is 0 Å². The van der Waals surface area contributed by atoms with Crippen molar-refractivity contribution < 1.29 is 4.42 Å². The number of nitrogens with zero attached hydrogens (tertiary/aromatic N) is 1. The van der Waals surface area contributed by atoms with E-state index in [-0.39, 0.29) is 0 Å². The highest BCUT2D eigenvalue weighted by Gasteiger charge is 2.11. The first-order valence-electron chi connectivity index (χ1n) is 6.43. The molecule has 0 unspecified atom stereocenters. The summed E-state index contributed by atoms with van der Waals surface area (Å²) in [6.07, 6.45) is 2.86. The number of hydrogen-bond acceptors (Lipinski definition) is 2. The van der Waals surface area contributed by atoms with Crippen molar-refractivity contribution in [1.82, 2.24) is 4.98 Å². The first-order chi connectivity index (χ1) is 9.31. The molecule has 1 aromatic heterocycles. The van der Waals surface area contributed by atoms with Gasteiger partial charge in [-0.25, -0.2) is 4.98 Å². The summed E-state index contributed by atoms with van der Waals surface area (Å²) < 4.78 is 5.81. The van der Waals surface area contributed by atoms with E-state index in [4.69, 9.17) is 4.42 Å². The molecule has 0 aliphatic heterocycles. The second kappa shape index (κ2) is 4.73. The number of fused-ring (bicyclic) bond motifs is 1. The van der Waals surface area contributed by atoms with Gasteiger partial charge in [-0.2, -0.15) is 0 Å². The fraction of sp³-hybridized carbons (Fsp3) is 0.118. The van der Waals surface area contributed by atoms with Gasteiger partial charge < -0.3 is 4.42 Å². The SMILES string of the molecule is C=Cc1cc(CC)ccc1-c1nc2ccccc2o1.